The van der Waals surface area contributed by atoms with Crippen molar-refractivity contribution >= 4 is 11.4 Å². The molecule has 0 aliphatic carbocycles. The van der Waals surface area contributed by atoms with Gasteiger partial charge in [0.2, 0.25) is 0 Å². The maximum Gasteiger partial charge on any atom is 0.182 e. The zero-order chi connectivity index (χ0) is 13.1. The molecule has 2 nitrogen and oxygen atoms in total. The third-order valence-electron chi connectivity index (χ3n) is 2.26. The van der Waals surface area contributed by atoms with Gasteiger partial charge >= 0.3 is 0 Å². The van der Waals surface area contributed by atoms with Crippen molar-refractivity contribution in [1.29, 1.82) is 5.26 Å². The van der Waals surface area contributed by atoms with Gasteiger partial charge in [-0.05, 0) is 18.2 Å². The van der Waals surface area contributed by atoms with Crippen molar-refractivity contribution < 1.29 is 13.2 Å². The molecule has 0 unspecified atom stereocenters. The first-order valence-electron chi connectivity index (χ1n) is 5.02. The zero-order valence-electron chi connectivity index (χ0n) is 9.05. The largest absolute Gasteiger partial charge is 0.353 e. The Morgan fingerprint density at radius 1 is 1.06 bits per heavy atom. The van der Waals surface area contributed by atoms with Crippen molar-refractivity contribution in [2.45, 2.75) is 0 Å². The summed E-state index contributed by atoms with van der Waals surface area (Å²) < 4.78 is 39.3. The molecule has 0 atom stereocenters. The third kappa shape index (κ3) is 2.43. The van der Waals surface area contributed by atoms with Gasteiger partial charge in [0, 0.05) is 17.8 Å². The summed E-state index contributed by atoms with van der Waals surface area (Å²) in [5.41, 5.74) is 0.415. The van der Waals surface area contributed by atoms with E-state index in [1.165, 1.54) is 6.07 Å². The topological polar surface area (TPSA) is 35.8 Å². The molecule has 0 amide bonds. The molecular formula is C13H7F3N2. The van der Waals surface area contributed by atoms with Gasteiger partial charge in [-0.25, -0.2) is 13.2 Å². The van der Waals surface area contributed by atoms with Crippen LogP contribution in [0.4, 0.5) is 24.5 Å². The number of anilines is 2. The Morgan fingerprint density at radius 3 is 2.56 bits per heavy atom. The van der Waals surface area contributed by atoms with Crippen LogP contribution in [0.3, 0.4) is 0 Å². The first-order valence-corrected chi connectivity index (χ1v) is 5.02. The summed E-state index contributed by atoms with van der Waals surface area (Å²) >= 11 is 0. The van der Waals surface area contributed by atoms with Crippen molar-refractivity contribution in [1.82, 2.24) is 0 Å². The van der Waals surface area contributed by atoms with Gasteiger partial charge in [0.1, 0.15) is 5.82 Å². The van der Waals surface area contributed by atoms with E-state index < -0.39 is 17.5 Å². The Kier molecular flexibility index (Phi) is 3.20. The summed E-state index contributed by atoms with van der Waals surface area (Å²) in [4.78, 5) is 0. The maximum atomic E-state index is 13.4. The van der Waals surface area contributed by atoms with Crippen LogP contribution in [0.15, 0.2) is 36.4 Å². The molecule has 0 saturated carbocycles. The Labute approximate surface area is 101 Å². The maximum absolute atomic E-state index is 13.4. The molecule has 0 bridgehead atoms. The van der Waals surface area contributed by atoms with Crippen molar-refractivity contribution in [3.05, 3.63) is 59.4 Å². The van der Waals surface area contributed by atoms with Gasteiger partial charge in [-0.2, -0.15) is 5.26 Å². The molecule has 5 heteroatoms. The van der Waals surface area contributed by atoms with Crippen LogP contribution in [0.1, 0.15) is 5.56 Å². The van der Waals surface area contributed by atoms with Crippen LogP contribution in [0.25, 0.3) is 0 Å². The van der Waals surface area contributed by atoms with Crippen LogP contribution >= 0.6 is 0 Å². The minimum atomic E-state index is -1.27. The average molecular weight is 248 g/mol. The number of rotatable bonds is 2. The van der Waals surface area contributed by atoms with Gasteiger partial charge in [0.15, 0.2) is 11.6 Å². The SMILES string of the molecule is N#Cc1cccc(Nc2cc(F)cc(F)c2F)c1. The van der Waals surface area contributed by atoms with Crippen LogP contribution in [0.2, 0.25) is 0 Å². The highest BCUT2D eigenvalue weighted by molar-refractivity contribution is 5.62. The lowest BCUT2D eigenvalue weighted by Crippen LogP contribution is -1.98. The van der Waals surface area contributed by atoms with Crippen LogP contribution < -0.4 is 5.32 Å². The van der Waals surface area contributed by atoms with Crippen LogP contribution in [-0.4, -0.2) is 0 Å². The van der Waals surface area contributed by atoms with Crippen LogP contribution in [-0.2, 0) is 0 Å². The van der Waals surface area contributed by atoms with Gasteiger partial charge in [-0.15, -0.1) is 0 Å². The highest BCUT2D eigenvalue weighted by atomic mass is 19.2. The lowest BCUT2D eigenvalue weighted by Gasteiger charge is -2.08. The van der Waals surface area contributed by atoms with E-state index in [9.17, 15) is 13.2 Å². The molecular weight excluding hydrogens is 241 g/mol. The van der Waals surface area contributed by atoms with Gasteiger partial charge < -0.3 is 5.32 Å². The highest BCUT2D eigenvalue weighted by Crippen LogP contribution is 2.23. The fourth-order valence-electron chi connectivity index (χ4n) is 1.47. The molecule has 2 aromatic carbocycles. The predicted molar refractivity (Wildman–Crippen MR) is 60.8 cm³/mol. The Bertz CT molecular complexity index is 633. The molecule has 0 radical (unpaired) electrons. The van der Waals surface area contributed by atoms with E-state index in [0.29, 0.717) is 17.3 Å². The standard InChI is InChI=1S/C13H7F3N2/c14-9-5-11(15)13(16)12(6-9)18-10-3-1-2-8(4-10)7-17/h1-6,18H. The summed E-state index contributed by atoms with van der Waals surface area (Å²) in [6, 6.07) is 9.36. The average Bonchev–Trinajstić information content (AvgIpc) is 2.35. The number of halogens is 3. The molecule has 0 fully saturated rings. The number of nitrogens with one attached hydrogen (secondary N) is 1. The summed E-state index contributed by atoms with van der Waals surface area (Å²) in [5, 5.41) is 11.2. The fourth-order valence-corrected chi connectivity index (χ4v) is 1.47. The predicted octanol–water partition coefficient (Wildman–Crippen LogP) is 3.72. The lowest BCUT2D eigenvalue weighted by atomic mass is 10.2. The summed E-state index contributed by atoms with van der Waals surface area (Å²) in [5.74, 6) is -3.32. The monoisotopic (exact) mass is 248 g/mol. The molecule has 90 valence electrons. The first-order chi connectivity index (χ1) is 8.60. The van der Waals surface area contributed by atoms with E-state index in [-0.39, 0.29) is 5.69 Å². The normalized spacial score (nSPS) is 9.89. The molecule has 2 aromatic rings. The lowest BCUT2D eigenvalue weighted by molar-refractivity contribution is 0.498. The molecule has 0 aliphatic rings. The second-order valence-corrected chi connectivity index (χ2v) is 3.57. The van der Waals surface area contributed by atoms with Crippen LogP contribution in [0, 0.1) is 28.8 Å². The summed E-state index contributed by atoms with van der Waals surface area (Å²) in [6.45, 7) is 0. The van der Waals surface area contributed by atoms with E-state index >= 15 is 0 Å². The molecule has 18 heavy (non-hydrogen) atoms. The van der Waals surface area contributed by atoms with Crippen molar-refractivity contribution in [3.8, 4) is 6.07 Å². The Balaban J connectivity index is 2.37. The highest BCUT2D eigenvalue weighted by Gasteiger charge is 2.11. The number of hydrogen-bond donors (Lipinski definition) is 1. The van der Waals surface area contributed by atoms with Crippen LogP contribution in [0.5, 0.6) is 0 Å². The van der Waals surface area contributed by atoms with Gasteiger partial charge in [0.25, 0.3) is 0 Å². The van der Waals surface area contributed by atoms with Crippen molar-refractivity contribution in [2.24, 2.45) is 0 Å². The van der Waals surface area contributed by atoms with Crippen molar-refractivity contribution in [3.63, 3.8) is 0 Å². The number of benzene rings is 2. The fraction of sp³-hybridized carbons (Fsp3) is 0. The Hall–Kier alpha value is -2.48. The quantitative estimate of drug-likeness (QED) is 0.822. The summed E-state index contributed by atoms with van der Waals surface area (Å²) in [6.07, 6.45) is 0. The van der Waals surface area contributed by atoms with Crippen molar-refractivity contribution in [2.75, 3.05) is 5.32 Å². The minimum Gasteiger partial charge on any atom is -0.353 e. The van der Waals surface area contributed by atoms with E-state index in [4.69, 9.17) is 5.26 Å². The Morgan fingerprint density at radius 2 is 1.83 bits per heavy atom. The molecule has 2 rings (SSSR count). The van der Waals surface area contributed by atoms with Gasteiger partial charge in [0.05, 0.1) is 17.3 Å². The molecule has 0 saturated heterocycles. The zero-order valence-corrected chi connectivity index (χ0v) is 9.05. The molecule has 0 heterocycles. The first kappa shape index (κ1) is 12.0. The molecule has 1 N–H and O–H groups in total. The van der Waals surface area contributed by atoms with E-state index in [1.54, 1.807) is 18.2 Å². The second-order valence-electron chi connectivity index (χ2n) is 3.57. The van der Waals surface area contributed by atoms with E-state index in [0.717, 1.165) is 6.07 Å². The van der Waals surface area contributed by atoms with E-state index in [2.05, 4.69) is 5.32 Å². The van der Waals surface area contributed by atoms with Gasteiger partial charge in [-0.1, -0.05) is 6.07 Å². The third-order valence-corrected chi connectivity index (χ3v) is 2.26. The summed E-state index contributed by atoms with van der Waals surface area (Å²) in [7, 11) is 0. The number of hydrogen-bond acceptors (Lipinski definition) is 2. The molecule has 0 spiro atoms. The minimum absolute atomic E-state index is 0.317. The van der Waals surface area contributed by atoms with E-state index in [1.807, 2.05) is 6.07 Å². The van der Waals surface area contributed by atoms with Gasteiger partial charge in [-0.3, -0.25) is 0 Å². The smallest absolute Gasteiger partial charge is 0.182 e. The molecule has 0 aromatic heterocycles. The number of nitrogens with zero attached hydrogens (tertiary/aromatic N) is 1. The molecule has 0 aliphatic heterocycles. The number of nitriles is 1. The second kappa shape index (κ2) is 4.80.